The van der Waals surface area contributed by atoms with E-state index in [2.05, 4.69) is 12.6 Å². The first kappa shape index (κ1) is 13.4. The maximum absolute atomic E-state index is 12.5. The molecule has 2 rings (SSSR count). The van der Waals surface area contributed by atoms with Crippen molar-refractivity contribution < 1.29 is 14.6 Å². The van der Waals surface area contributed by atoms with Crippen molar-refractivity contribution in [2.75, 3.05) is 26.4 Å². The van der Waals surface area contributed by atoms with Gasteiger partial charge in [0.2, 0.25) is 0 Å². The number of ether oxygens (including phenoxy) is 1. The molecule has 1 aliphatic heterocycles. The Kier molecular flexibility index (Phi) is 4.27. The molecule has 1 amide bonds. The number of amides is 1. The topological polar surface area (TPSA) is 49.8 Å². The third-order valence-electron chi connectivity index (χ3n) is 3.15. The lowest BCUT2D eigenvalue weighted by atomic mass is 10.1. The van der Waals surface area contributed by atoms with Crippen LogP contribution >= 0.6 is 12.6 Å². The van der Waals surface area contributed by atoms with Crippen molar-refractivity contribution in [2.45, 2.75) is 17.9 Å². The molecule has 0 spiro atoms. The first-order valence-electron chi connectivity index (χ1n) is 5.92. The fourth-order valence-corrected chi connectivity index (χ4v) is 2.27. The van der Waals surface area contributed by atoms with Crippen molar-refractivity contribution in [2.24, 2.45) is 0 Å². The van der Waals surface area contributed by atoms with E-state index in [4.69, 9.17) is 4.74 Å². The second-order valence-corrected chi connectivity index (χ2v) is 4.93. The molecule has 4 nitrogen and oxygen atoms in total. The lowest BCUT2D eigenvalue weighted by Gasteiger charge is -2.34. The first-order chi connectivity index (χ1) is 8.63. The van der Waals surface area contributed by atoms with Gasteiger partial charge in [0.1, 0.15) is 0 Å². The second kappa shape index (κ2) is 5.73. The number of aliphatic hydroxyl groups excluding tert-OH is 1. The van der Waals surface area contributed by atoms with E-state index in [9.17, 15) is 9.90 Å². The fourth-order valence-electron chi connectivity index (χ4n) is 2.07. The minimum absolute atomic E-state index is 0.0641. The highest BCUT2D eigenvalue weighted by Gasteiger charge is 2.28. The minimum Gasteiger partial charge on any atom is -0.394 e. The van der Waals surface area contributed by atoms with Gasteiger partial charge in [-0.1, -0.05) is 6.07 Å². The van der Waals surface area contributed by atoms with E-state index in [-0.39, 0.29) is 18.6 Å². The second-order valence-electron chi connectivity index (χ2n) is 4.41. The number of thiol groups is 1. The van der Waals surface area contributed by atoms with Crippen LogP contribution in [0, 0.1) is 6.92 Å². The number of hydrogen-bond donors (Lipinski definition) is 2. The van der Waals surface area contributed by atoms with Crippen LogP contribution < -0.4 is 0 Å². The summed E-state index contributed by atoms with van der Waals surface area (Å²) in [6.07, 6.45) is 0. The van der Waals surface area contributed by atoms with E-state index in [1.807, 2.05) is 19.1 Å². The molecule has 1 N–H and O–H groups in total. The summed E-state index contributed by atoms with van der Waals surface area (Å²) in [7, 11) is 0. The highest BCUT2D eigenvalue weighted by atomic mass is 32.1. The standard InChI is InChI=1S/C13H17NO3S/c1-9-2-3-11(18)6-12(9)13(16)14-4-5-17-8-10(14)7-15/h2-3,6,10,15,18H,4-5,7-8H2,1H3. The van der Waals surface area contributed by atoms with E-state index in [0.29, 0.717) is 25.3 Å². The van der Waals surface area contributed by atoms with E-state index in [0.717, 1.165) is 10.5 Å². The summed E-state index contributed by atoms with van der Waals surface area (Å²) in [6.45, 7) is 3.24. The number of rotatable bonds is 2. The third-order valence-corrected chi connectivity index (χ3v) is 3.43. The predicted octanol–water partition coefficient (Wildman–Crippen LogP) is 1.12. The van der Waals surface area contributed by atoms with E-state index < -0.39 is 0 Å². The maximum atomic E-state index is 12.5. The zero-order chi connectivity index (χ0) is 13.1. The van der Waals surface area contributed by atoms with Gasteiger partial charge in [0.05, 0.1) is 25.9 Å². The highest BCUT2D eigenvalue weighted by molar-refractivity contribution is 7.80. The van der Waals surface area contributed by atoms with Gasteiger partial charge in [0.15, 0.2) is 0 Å². The Morgan fingerprint density at radius 3 is 3.11 bits per heavy atom. The molecule has 5 heteroatoms. The highest BCUT2D eigenvalue weighted by Crippen LogP contribution is 2.18. The molecular formula is C13H17NO3S. The van der Waals surface area contributed by atoms with Crippen molar-refractivity contribution in [3.05, 3.63) is 29.3 Å². The number of carbonyl (C=O) groups excluding carboxylic acids is 1. The Hall–Kier alpha value is -1.04. The summed E-state index contributed by atoms with van der Waals surface area (Å²) < 4.78 is 5.27. The number of carbonyl (C=O) groups is 1. The molecule has 1 atom stereocenters. The summed E-state index contributed by atoms with van der Waals surface area (Å²) in [5, 5.41) is 9.29. The van der Waals surface area contributed by atoms with Crippen LogP contribution in [0.4, 0.5) is 0 Å². The molecule has 1 aromatic carbocycles. The third kappa shape index (κ3) is 2.68. The number of hydrogen-bond acceptors (Lipinski definition) is 4. The molecule has 1 aromatic rings. The summed E-state index contributed by atoms with van der Waals surface area (Å²) in [6, 6.07) is 5.25. The number of nitrogens with zero attached hydrogens (tertiary/aromatic N) is 1. The van der Waals surface area contributed by atoms with Gasteiger partial charge in [-0.15, -0.1) is 12.6 Å². The number of aryl methyl sites for hydroxylation is 1. The van der Waals surface area contributed by atoms with Crippen molar-refractivity contribution in [3.8, 4) is 0 Å². The molecule has 1 unspecified atom stereocenters. The molecule has 1 fully saturated rings. The van der Waals surface area contributed by atoms with Crippen molar-refractivity contribution in [3.63, 3.8) is 0 Å². The van der Waals surface area contributed by atoms with Crippen LogP contribution in [0.3, 0.4) is 0 Å². The fraction of sp³-hybridized carbons (Fsp3) is 0.462. The SMILES string of the molecule is Cc1ccc(S)cc1C(=O)N1CCOCC1CO. The molecule has 0 aliphatic carbocycles. The van der Waals surface area contributed by atoms with Crippen LogP contribution in [-0.2, 0) is 4.74 Å². The van der Waals surface area contributed by atoms with Gasteiger partial charge in [0.25, 0.3) is 5.91 Å². The summed E-state index contributed by atoms with van der Waals surface area (Å²) in [4.78, 5) is 14.9. The first-order valence-corrected chi connectivity index (χ1v) is 6.37. The lowest BCUT2D eigenvalue weighted by molar-refractivity contribution is -0.0184. The van der Waals surface area contributed by atoms with Gasteiger partial charge >= 0.3 is 0 Å². The van der Waals surface area contributed by atoms with Crippen molar-refractivity contribution >= 4 is 18.5 Å². The molecule has 1 heterocycles. The lowest BCUT2D eigenvalue weighted by Crippen LogP contribution is -2.50. The van der Waals surface area contributed by atoms with Crippen LogP contribution in [0.25, 0.3) is 0 Å². The van der Waals surface area contributed by atoms with Crippen LogP contribution in [0.5, 0.6) is 0 Å². The molecule has 0 bridgehead atoms. The Balaban J connectivity index is 2.26. The predicted molar refractivity (Wildman–Crippen MR) is 71.2 cm³/mol. The average molecular weight is 267 g/mol. The van der Waals surface area contributed by atoms with Gasteiger partial charge in [-0.2, -0.15) is 0 Å². The van der Waals surface area contributed by atoms with E-state index >= 15 is 0 Å². The number of morpholine rings is 1. The van der Waals surface area contributed by atoms with E-state index in [1.165, 1.54) is 0 Å². The molecule has 1 aliphatic rings. The van der Waals surface area contributed by atoms with E-state index in [1.54, 1.807) is 11.0 Å². The molecular weight excluding hydrogens is 250 g/mol. The molecule has 0 aromatic heterocycles. The van der Waals surface area contributed by atoms with Crippen LogP contribution in [-0.4, -0.2) is 48.3 Å². The monoisotopic (exact) mass is 267 g/mol. The summed E-state index contributed by atoms with van der Waals surface area (Å²) >= 11 is 4.26. The number of aliphatic hydroxyl groups is 1. The maximum Gasteiger partial charge on any atom is 0.254 e. The van der Waals surface area contributed by atoms with Crippen LogP contribution in [0.1, 0.15) is 15.9 Å². The quantitative estimate of drug-likeness (QED) is 0.789. The number of benzene rings is 1. The van der Waals surface area contributed by atoms with Gasteiger partial charge in [-0.25, -0.2) is 0 Å². The normalized spacial score (nSPS) is 19.9. The molecule has 98 valence electrons. The largest absolute Gasteiger partial charge is 0.394 e. The Morgan fingerprint density at radius 2 is 2.39 bits per heavy atom. The Bertz CT molecular complexity index is 450. The van der Waals surface area contributed by atoms with Crippen LogP contribution in [0.2, 0.25) is 0 Å². The Labute approximate surface area is 112 Å². The zero-order valence-corrected chi connectivity index (χ0v) is 11.2. The van der Waals surface area contributed by atoms with Gasteiger partial charge < -0.3 is 14.7 Å². The van der Waals surface area contributed by atoms with Crippen molar-refractivity contribution in [1.82, 2.24) is 4.90 Å². The van der Waals surface area contributed by atoms with Gasteiger partial charge in [-0.3, -0.25) is 4.79 Å². The van der Waals surface area contributed by atoms with Crippen LogP contribution in [0.15, 0.2) is 23.1 Å². The average Bonchev–Trinajstić information content (AvgIpc) is 2.40. The summed E-state index contributed by atoms with van der Waals surface area (Å²) in [5.41, 5.74) is 1.56. The van der Waals surface area contributed by atoms with Gasteiger partial charge in [-0.05, 0) is 24.6 Å². The smallest absolute Gasteiger partial charge is 0.254 e. The Morgan fingerprint density at radius 1 is 1.61 bits per heavy atom. The molecule has 0 radical (unpaired) electrons. The molecule has 0 saturated carbocycles. The molecule has 1 saturated heterocycles. The minimum atomic E-state index is -0.255. The zero-order valence-electron chi connectivity index (χ0n) is 10.3. The van der Waals surface area contributed by atoms with Crippen molar-refractivity contribution in [1.29, 1.82) is 0 Å². The molecule has 18 heavy (non-hydrogen) atoms. The van der Waals surface area contributed by atoms with Gasteiger partial charge in [0, 0.05) is 17.0 Å². The summed E-state index contributed by atoms with van der Waals surface area (Å²) in [5.74, 6) is -0.0641.